The summed E-state index contributed by atoms with van der Waals surface area (Å²) in [5, 5.41) is 16.4. The normalized spacial score (nSPS) is 22.3. The minimum Gasteiger partial charge on any atom is -0.508 e. The lowest BCUT2D eigenvalue weighted by Gasteiger charge is -2.46. The van der Waals surface area contributed by atoms with E-state index in [0.29, 0.717) is 34.6 Å². The van der Waals surface area contributed by atoms with Crippen molar-refractivity contribution < 1.29 is 43.3 Å². The van der Waals surface area contributed by atoms with Crippen LogP contribution in [-0.2, 0) is 37.5 Å². The molecule has 0 aliphatic carbocycles. The second-order valence-corrected chi connectivity index (χ2v) is 18.3. The zero-order valence-corrected chi connectivity index (χ0v) is 39.8. The van der Waals surface area contributed by atoms with Gasteiger partial charge in [-0.15, -0.1) is 0 Å². The summed E-state index contributed by atoms with van der Waals surface area (Å²) in [6.45, 7) is 2.04. The number of phenols is 1. The van der Waals surface area contributed by atoms with Crippen LogP contribution in [0.15, 0.2) is 146 Å². The van der Waals surface area contributed by atoms with E-state index >= 15 is 19.2 Å². The molecule has 2 fully saturated rings. The number of ether oxygens (including phenoxy) is 3. The molecule has 2 saturated heterocycles. The van der Waals surface area contributed by atoms with Gasteiger partial charge in [-0.25, -0.2) is 14.5 Å². The molecule has 6 amide bonds. The van der Waals surface area contributed by atoms with Crippen molar-refractivity contribution in [2.75, 3.05) is 32.2 Å². The third-order valence-corrected chi connectivity index (χ3v) is 14.4. The molecule has 364 valence electrons. The van der Waals surface area contributed by atoms with Crippen LogP contribution in [0.3, 0.4) is 0 Å². The molecule has 4 aliphatic heterocycles. The quantitative estimate of drug-likeness (QED) is 0.0855. The zero-order chi connectivity index (χ0) is 50.3. The van der Waals surface area contributed by atoms with Gasteiger partial charge in [-0.2, -0.15) is 0 Å². The number of carbonyl (C=O) groups is 5. The highest BCUT2D eigenvalue weighted by molar-refractivity contribution is 6.24. The lowest BCUT2D eigenvalue weighted by Crippen LogP contribution is -2.57. The number of hydrogen-bond donors (Lipinski definition) is 4. The number of benzene rings is 6. The number of hydrogen-bond acceptors (Lipinski definition) is 10. The second-order valence-electron chi connectivity index (χ2n) is 18.3. The number of rotatable bonds is 9. The molecule has 7 atom stereocenters. The minimum atomic E-state index is -2.07. The van der Waals surface area contributed by atoms with E-state index in [1.54, 1.807) is 42.3 Å². The number of methoxy groups -OCH3 is 2. The number of urea groups is 2. The molecule has 6 aromatic carbocycles. The van der Waals surface area contributed by atoms with E-state index in [4.69, 9.17) is 19.9 Å². The number of nitrogens with zero attached hydrogens (tertiary/aromatic N) is 3. The summed E-state index contributed by atoms with van der Waals surface area (Å²) in [6.07, 6.45) is -0.524. The Morgan fingerprint density at radius 2 is 1.44 bits per heavy atom. The van der Waals surface area contributed by atoms with Crippen molar-refractivity contribution in [3.05, 3.63) is 190 Å². The second kappa shape index (κ2) is 19.3. The lowest BCUT2D eigenvalue weighted by molar-refractivity contribution is -0.179. The van der Waals surface area contributed by atoms with Crippen LogP contribution in [-0.4, -0.2) is 78.1 Å². The van der Waals surface area contributed by atoms with Crippen molar-refractivity contribution >= 4 is 35.5 Å². The van der Waals surface area contributed by atoms with Gasteiger partial charge in [0.2, 0.25) is 11.8 Å². The largest absolute Gasteiger partial charge is 0.508 e. The van der Waals surface area contributed by atoms with Gasteiger partial charge in [0.1, 0.15) is 23.3 Å². The van der Waals surface area contributed by atoms with Gasteiger partial charge < -0.3 is 40.6 Å². The summed E-state index contributed by atoms with van der Waals surface area (Å²) in [6, 6.07) is 37.8. The number of cyclic esters (lactones) is 1. The van der Waals surface area contributed by atoms with E-state index < -0.39 is 71.5 Å². The van der Waals surface area contributed by atoms with Crippen LogP contribution >= 0.6 is 0 Å². The number of imide groups is 1. The van der Waals surface area contributed by atoms with Crippen LogP contribution in [0.2, 0.25) is 0 Å². The number of phenolic OH excluding ortho intramolecular Hbond substituents is 1. The van der Waals surface area contributed by atoms with E-state index in [0.717, 1.165) is 27.2 Å². The molecule has 0 bridgehead atoms. The summed E-state index contributed by atoms with van der Waals surface area (Å²) in [7, 11) is 3.10. The van der Waals surface area contributed by atoms with Crippen LogP contribution in [0.25, 0.3) is 0 Å². The number of carbonyl (C=O) groups excluding carboxylic acids is 5. The molecule has 0 unspecified atom stereocenters. The highest BCUT2D eigenvalue weighted by Crippen LogP contribution is 2.66. The molecule has 4 heterocycles. The number of anilines is 1. The standard InChI is InChI=1S/C57H52N6O9/c1-34(36-15-7-4-8-16-36)60-56(69)62-44-26-21-35(14-13-28-59-55(58)68)30-43(44)57(54(62)67)47(52(65)61-29-27-40-31-45(70-2)46(71-3)32-41(40)33-61)49-53(66)72-50(38-19-11-6-12-20-38)48(37-17-9-5-10-18-37)63(49)51(57)39-22-24-42(64)25-23-39/h4-12,15-26,30-32,34,47-51,64H,27-29,33H2,1-3H3,(H,60,69)(H3,58,59,68)/t34-,47-,48-,49-,50+,51+,57-/m1/s1. The fourth-order valence-corrected chi connectivity index (χ4v) is 11.2. The molecule has 15 heteroatoms. The number of morpholine rings is 1. The van der Waals surface area contributed by atoms with Crippen LogP contribution in [0.4, 0.5) is 15.3 Å². The number of amides is 6. The Kier molecular flexibility index (Phi) is 12.6. The van der Waals surface area contributed by atoms with Gasteiger partial charge >= 0.3 is 18.0 Å². The van der Waals surface area contributed by atoms with E-state index in [1.165, 1.54) is 19.2 Å². The topological polar surface area (TPSA) is 193 Å². The highest BCUT2D eigenvalue weighted by atomic mass is 16.6. The Morgan fingerprint density at radius 3 is 2.10 bits per heavy atom. The van der Waals surface area contributed by atoms with Crippen LogP contribution < -0.4 is 30.7 Å². The Labute approximate surface area is 416 Å². The maximum atomic E-state index is 16.8. The highest BCUT2D eigenvalue weighted by Gasteiger charge is 2.76. The van der Waals surface area contributed by atoms with E-state index in [-0.39, 0.29) is 36.6 Å². The van der Waals surface area contributed by atoms with Gasteiger partial charge in [-0.3, -0.25) is 19.3 Å². The van der Waals surface area contributed by atoms with E-state index in [1.807, 2.05) is 115 Å². The van der Waals surface area contributed by atoms with E-state index in [9.17, 15) is 9.90 Å². The molecular weight excluding hydrogens is 913 g/mol. The average Bonchev–Trinajstić information content (AvgIpc) is 3.86. The van der Waals surface area contributed by atoms with E-state index in [2.05, 4.69) is 22.5 Å². The van der Waals surface area contributed by atoms with Crippen LogP contribution in [0.1, 0.15) is 75.7 Å². The Morgan fingerprint density at radius 1 is 0.806 bits per heavy atom. The van der Waals surface area contributed by atoms with Crippen molar-refractivity contribution in [1.82, 2.24) is 20.4 Å². The summed E-state index contributed by atoms with van der Waals surface area (Å²) in [5.74, 6) is 3.42. The molecule has 10 rings (SSSR count). The molecular formula is C57H52N6O9. The van der Waals surface area contributed by atoms with Gasteiger partial charge in [-0.05, 0) is 94.8 Å². The molecule has 15 nitrogen and oxygen atoms in total. The third-order valence-electron chi connectivity index (χ3n) is 14.4. The Hall–Kier alpha value is -8.61. The van der Waals surface area contributed by atoms with Crippen molar-refractivity contribution in [1.29, 1.82) is 0 Å². The number of aromatic hydroxyl groups is 1. The summed E-state index contributed by atoms with van der Waals surface area (Å²) in [4.78, 5) is 80.4. The zero-order valence-electron chi connectivity index (χ0n) is 39.8. The first-order chi connectivity index (χ1) is 34.9. The van der Waals surface area contributed by atoms with Gasteiger partial charge in [0, 0.05) is 18.7 Å². The first-order valence-electron chi connectivity index (χ1n) is 23.7. The van der Waals surface area contributed by atoms with Crippen LogP contribution in [0.5, 0.6) is 17.2 Å². The smallest absolute Gasteiger partial charge is 0.329 e. The summed E-state index contributed by atoms with van der Waals surface area (Å²) < 4.78 is 18.0. The maximum absolute atomic E-state index is 16.8. The lowest BCUT2D eigenvalue weighted by atomic mass is 9.64. The van der Waals surface area contributed by atoms with Gasteiger partial charge in [-0.1, -0.05) is 115 Å². The summed E-state index contributed by atoms with van der Waals surface area (Å²) >= 11 is 0. The predicted octanol–water partition coefficient (Wildman–Crippen LogP) is 7.15. The first-order valence-corrected chi connectivity index (χ1v) is 23.7. The summed E-state index contributed by atoms with van der Waals surface area (Å²) in [5.41, 5.74) is 8.57. The predicted molar refractivity (Wildman–Crippen MR) is 267 cm³/mol. The molecule has 4 aliphatic rings. The fourth-order valence-electron chi connectivity index (χ4n) is 11.2. The molecule has 1 spiro atoms. The molecule has 0 aromatic heterocycles. The molecule has 5 N–H and O–H groups in total. The Bertz CT molecular complexity index is 3140. The first kappa shape index (κ1) is 47.1. The third kappa shape index (κ3) is 8.09. The number of primary amides is 1. The fraction of sp³-hybridized carbons (Fsp3) is 0.246. The van der Waals surface area contributed by atoms with Crippen LogP contribution in [0, 0.1) is 17.8 Å². The molecule has 6 aromatic rings. The molecule has 0 saturated carbocycles. The maximum Gasteiger partial charge on any atom is 0.329 e. The molecule has 72 heavy (non-hydrogen) atoms. The van der Waals surface area contributed by atoms with Gasteiger partial charge in [0.05, 0.1) is 50.5 Å². The van der Waals surface area contributed by atoms with Crippen molar-refractivity contribution in [3.8, 4) is 29.1 Å². The van der Waals surface area contributed by atoms with Gasteiger partial charge in [0.15, 0.2) is 11.5 Å². The van der Waals surface area contributed by atoms with Crippen molar-refractivity contribution in [3.63, 3.8) is 0 Å². The Balaban J connectivity index is 1.25. The van der Waals surface area contributed by atoms with Crippen molar-refractivity contribution in [2.45, 2.75) is 55.6 Å². The number of fused-ring (bicyclic) bond motifs is 4. The monoisotopic (exact) mass is 964 g/mol. The minimum absolute atomic E-state index is 0.0509. The van der Waals surface area contributed by atoms with Gasteiger partial charge in [0.25, 0.3) is 0 Å². The van der Waals surface area contributed by atoms with Crippen molar-refractivity contribution in [2.24, 2.45) is 11.7 Å². The number of nitrogens with one attached hydrogen (secondary N) is 2. The molecule has 0 radical (unpaired) electrons. The number of nitrogens with two attached hydrogens (primary N) is 1. The SMILES string of the molecule is COc1cc2c(cc1OC)CN(C(=O)[C@H]1[C@@H]3C(=O)O[C@@H](c4ccccc4)[C@@H](c4ccccc4)N3[C@@H](c3ccc(O)cc3)[C@]13C(=O)N(C(=O)N[C@H](C)c1ccccc1)c1ccc(C#CCNC(N)=O)cc13)CC2. The average molecular weight is 965 g/mol. The number of esters is 1.